The van der Waals surface area contributed by atoms with Gasteiger partial charge in [-0.05, 0) is 20.0 Å². The maximum atomic E-state index is 11.1. The van der Waals surface area contributed by atoms with Crippen LogP contribution in [0.5, 0.6) is 0 Å². The molecular weight excluding hydrogens is 184 g/mol. The van der Waals surface area contributed by atoms with E-state index in [4.69, 9.17) is 5.11 Å². The number of hydrogen-bond donors (Lipinski definition) is 2. The van der Waals surface area contributed by atoms with Crippen LogP contribution in [-0.2, 0) is 9.59 Å². The highest BCUT2D eigenvalue weighted by Crippen LogP contribution is 2.05. The molecule has 1 rings (SSSR count). The van der Waals surface area contributed by atoms with Crippen molar-refractivity contribution >= 4 is 11.9 Å². The quantitative estimate of drug-likeness (QED) is 0.597. The normalized spacial score (nSPS) is 22.8. The molecule has 1 amide bonds. The molecule has 0 aromatic rings. The minimum Gasteiger partial charge on any atom is -0.478 e. The highest BCUT2D eigenvalue weighted by atomic mass is 16.4. The van der Waals surface area contributed by atoms with Crippen molar-refractivity contribution in [2.45, 2.75) is 12.5 Å². The number of likely N-dealkylation sites (N-methyl/N-ethyl adjacent to an activating group) is 1. The first-order valence-electron chi connectivity index (χ1n) is 4.48. The summed E-state index contributed by atoms with van der Waals surface area (Å²) in [5, 5.41) is 11.0. The summed E-state index contributed by atoms with van der Waals surface area (Å²) >= 11 is 0. The Morgan fingerprint density at radius 3 is 2.71 bits per heavy atom. The van der Waals surface area contributed by atoms with Gasteiger partial charge >= 0.3 is 5.97 Å². The third-order valence-corrected chi connectivity index (χ3v) is 2.12. The molecule has 0 radical (unpaired) electrons. The summed E-state index contributed by atoms with van der Waals surface area (Å²) in [6.45, 7) is 1.79. The highest BCUT2D eigenvalue weighted by molar-refractivity contribution is 5.94. The van der Waals surface area contributed by atoms with E-state index in [9.17, 15) is 9.59 Å². The highest BCUT2D eigenvalue weighted by Gasteiger charge is 2.19. The first kappa shape index (κ1) is 10.7. The molecule has 0 aromatic carbocycles. The minimum atomic E-state index is -1.11. The first-order valence-corrected chi connectivity index (χ1v) is 4.48. The van der Waals surface area contributed by atoms with Crippen molar-refractivity contribution in [1.82, 2.24) is 10.2 Å². The third kappa shape index (κ3) is 3.57. The number of likely N-dealkylation sites (tertiary alicyclic amines) is 1. The fraction of sp³-hybridized carbons (Fsp3) is 0.556. The van der Waals surface area contributed by atoms with Crippen molar-refractivity contribution in [3.8, 4) is 0 Å². The van der Waals surface area contributed by atoms with Crippen LogP contribution in [0.1, 0.15) is 6.42 Å². The van der Waals surface area contributed by atoms with Gasteiger partial charge in [0.2, 0.25) is 5.91 Å². The Morgan fingerprint density at radius 2 is 2.21 bits per heavy atom. The van der Waals surface area contributed by atoms with Gasteiger partial charge in [-0.1, -0.05) is 0 Å². The largest absolute Gasteiger partial charge is 0.478 e. The van der Waals surface area contributed by atoms with Gasteiger partial charge < -0.3 is 15.3 Å². The van der Waals surface area contributed by atoms with Gasteiger partial charge in [-0.2, -0.15) is 0 Å². The number of hydrogen-bond acceptors (Lipinski definition) is 3. The molecule has 1 aliphatic heterocycles. The topological polar surface area (TPSA) is 69.6 Å². The maximum Gasteiger partial charge on any atom is 0.328 e. The van der Waals surface area contributed by atoms with Crippen molar-refractivity contribution in [2.75, 3.05) is 20.1 Å². The van der Waals surface area contributed by atoms with E-state index in [0.29, 0.717) is 0 Å². The number of nitrogens with zero attached hydrogens (tertiary/aromatic N) is 1. The third-order valence-electron chi connectivity index (χ3n) is 2.12. The second-order valence-corrected chi connectivity index (χ2v) is 3.43. The Bertz CT molecular complexity index is 263. The van der Waals surface area contributed by atoms with Crippen LogP contribution in [-0.4, -0.2) is 48.1 Å². The van der Waals surface area contributed by atoms with Crippen molar-refractivity contribution in [2.24, 2.45) is 0 Å². The lowest BCUT2D eigenvalue weighted by molar-refractivity contribution is -0.131. The Kier molecular flexibility index (Phi) is 3.64. The summed E-state index contributed by atoms with van der Waals surface area (Å²) in [7, 11) is 1.99. The standard InChI is InChI=1S/C9H14N2O3/c1-11-5-4-7(6-11)10-8(12)2-3-9(13)14/h2-3,7H,4-6H2,1H3,(H,10,12)(H,13,14). The summed E-state index contributed by atoms with van der Waals surface area (Å²) in [5.74, 6) is -1.45. The van der Waals surface area contributed by atoms with Gasteiger partial charge in [0.1, 0.15) is 0 Å². The van der Waals surface area contributed by atoms with Crippen LogP contribution in [0, 0.1) is 0 Å². The minimum absolute atomic E-state index is 0.144. The number of carboxylic acid groups (broad SMARTS) is 1. The van der Waals surface area contributed by atoms with Gasteiger partial charge in [0, 0.05) is 24.7 Å². The molecule has 5 nitrogen and oxygen atoms in total. The van der Waals surface area contributed by atoms with Crippen LogP contribution in [0.2, 0.25) is 0 Å². The predicted octanol–water partition coefficient (Wildman–Crippen LogP) is -0.552. The fourth-order valence-corrected chi connectivity index (χ4v) is 1.45. The molecule has 2 N–H and O–H groups in total. The van der Waals surface area contributed by atoms with E-state index in [1.807, 2.05) is 7.05 Å². The Hall–Kier alpha value is -1.36. The van der Waals surface area contributed by atoms with E-state index in [1.54, 1.807) is 0 Å². The molecule has 1 saturated heterocycles. The number of carboxylic acids is 1. The van der Waals surface area contributed by atoms with E-state index in [1.165, 1.54) is 0 Å². The lowest BCUT2D eigenvalue weighted by Crippen LogP contribution is -2.35. The van der Waals surface area contributed by atoms with Crippen LogP contribution >= 0.6 is 0 Å². The second-order valence-electron chi connectivity index (χ2n) is 3.43. The number of carbonyl (C=O) groups excluding carboxylic acids is 1. The van der Waals surface area contributed by atoms with Crippen LogP contribution in [0.15, 0.2) is 12.2 Å². The monoisotopic (exact) mass is 198 g/mol. The van der Waals surface area contributed by atoms with Crippen molar-refractivity contribution < 1.29 is 14.7 Å². The van der Waals surface area contributed by atoms with Crippen LogP contribution in [0.25, 0.3) is 0 Å². The van der Waals surface area contributed by atoms with E-state index in [2.05, 4.69) is 10.2 Å². The van der Waals surface area contributed by atoms with E-state index in [-0.39, 0.29) is 11.9 Å². The summed E-state index contributed by atoms with van der Waals surface area (Å²) in [6, 6.07) is 0.144. The first-order chi connectivity index (χ1) is 6.58. The van der Waals surface area contributed by atoms with Crippen LogP contribution in [0.3, 0.4) is 0 Å². The van der Waals surface area contributed by atoms with Gasteiger partial charge in [0.15, 0.2) is 0 Å². The molecule has 1 fully saturated rings. The van der Waals surface area contributed by atoms with Gasteiger partial charge in [0.05, 0.1) is 0 Å². The SMILES string of the molecule is CN1CCC(NC(=O)C=CC(=O)O)C1. The van der Waals surface area contributed by atoms with Crippen LogP contribution < -0.4 is 5.32 Å². The average molecular weight is 198 g/mol. The summed E-state index contributed by atoms with van der Waals surface area (Å²) < 4.78 is 0. The smallest absolute Gasteiger partial charge is 0.328 e. The Labute approximate surface area is 82.4 Å². The van der Waals surface area contributed by atoms with E-state index < -0.39 is 5.97 Å². The maximum absolute atomic E-state index is 11.1. The number of carbonyl (C=O) groups is 2. The number of aliphatic carboxylic acids is 1. The van der Waals surface area contributed by atoms with Crippen molar-refractivity contribution in [3.05, 3.63) is 12.2 Å². The molecule has 0 aliphatic carbocycles. The predicted molar refractivity (Wildman–Crippen MR) is 50.8 cm³/mol. The zero-order valence-electron chi connectivity index (χ0n) is 8.06. The molecule has 1 atom stereocenters. The average Bonchev–Trinajstić information content (AvgIpc) is 2.48. The number of nitrogens with one attached hydrogen (secondary N) is 1. The zero-order chi connectivity index (χ0) is 10.6. The molecular formula is C9H14N2O3. The Balaban J connectivity index is 2.30. The van der Waals surface area contributed by atoms with Crippen LogP contribution in [0.4, 0.5) is 0 Å². The lowest BCUT2D eigenvalue weighted by Gasteiger charge is -2.10. The molecule has 78 valence electrons. The van der Waals surface area contributed by atoms with Gasteiger partial charge in [-0.3, -0.25) is 4.79 Å². The molecule has 1 heterocycles. The summed E-state index contributed by atoms with van der Waals surface area (Å²) in [5.41, 5.74) is 0. The Morgan fingerprint density at radius 1 is 1.50 bits per heavy atom. The second kappa shape index (κ2) is 4.76. The van der Waals surface area contributed by atoms with Gasteiger partial charge in [0.25, 0.3) is 0 Å². The molecule has 5 heteroatoms. The molecule has 0 bridgehead atoms. The zero-order valence-corrected chi connectivity index (χ0v) is 8.06. The number of rotatable bonds is 3. The molecule has 0 spiro atoms. The van der Waals surface area contributed by atoms with Crippen molar-refractivity contribution in [1.29, 1.82) is 0 Å². The molecule has 1 aliphatic rings. The van der Waals surface area contributed by atoms with E-state index >= 15 is 0 Å². The fourth-order valence-electron chi connectivity index (χ4n) is 1.45. The summed E-state index contributed by atoms with van der Waals surface area (Å²) in [6.07, 6.45) is 2.80. The van der Waals surface area contributed by atoms with Crippen molar-refractivity contribution in [3.63, 3.8) is 0 Å². The van der Waals surface area contributed by atoms with Gasteiger partial charge in [-0.25, -0.2) is 4.79 Å². The lowest BCUT2D eigenvalue weighted by atomic mass is 10.2. The van der Waals surface area contributed by atoms with E-state index in [0.717, 1.165) is 31.7 Å². The summed E-state index contributed by atoms with van der Waals surface area (Å²) in [4.78, 5) is 23.4. The van der Waals surface area contributed by atoms with Gasteiger partial charge in [-0.15, -0.1) is 0 Å². The number of amides is 1. The molecule has 1 unspecified atom stereocenters. The molecule has 0 aromatic heterocycles. The molecule has 0 saturated carbocycles. The molecule has 14 heavy (non-hydrogen) atoms.